The van der Waals surface area contributed by atoms with Crippen LogP contribution >= 0.6 is 27.3 Å². The van der Waals surface area contributed by atoms with E-state index in [0.29, 0.717) is 0 Å². The van der Waals surface area contributed by atoms with Crippen LogP contribution in [0.15, 0.2) is 16.8 Å². The van der Waals surface area contributed by atoms with Gasteiger partial charge in [0.25, 0.3) is 0 Å². The molecule has 1 aliphatic rings. The maximum atomic E-state index is 3.82. The first-order chi connectivity index (χ1) is 6.86. The molecule has 1 saturated carbocycles. The van der Waals surface area contributed by atoms with Crippen molar-refractivity contribution in [2.75, 3.05) is 0 Å². The van der Waals surface area contributed by atoms with Crippen molar-refractivity contribution >= 4 is 27.3 Å². The normalized spacial score (nSPS) is 27.8. The van der Waals surface area contributed by atoms with Gasteiger partial charge in [0.1, 0.15) is 0 Å². The van der Waals surface area contributed by atoms with Crippen molar-refractivity contribution in [3.8, 4) is 0 Å². The molecule has 0 amide bonds. The summed E-state index contributed by atoms with van der Waals surface area (Å²) in [6.45, 7) is 0. The van der Waals surface area contributed by atoms with Gasteiger partial charge in [-0.2, -0.15) is 11.3 Å². The number of rotatable bonds is 3. The minimum atomic E-state index is 0.787. The number of thiophene rings is 1. The Morgan fingerprint density at radius 1 is 1.36 bits per heavy atom. The fourth-order valence-corrected chi connectivity index (χ4v) is 3.83. The zero-order valence-electron chi connectivity index (χ0n) is 8.42. The summed E-state index contributed by atoms with van der Waals surface area (Å²) in [7, 11) is 0. The van der Waals surface area contributed by atoms with Crippen LogP contribution in [-0.4, -0.2) is 4.83 Å². The summed E-state index contributed by atoms with van der Waals surface area (Å²) in [6, 6.07) is 2.26. The van der Waals surface area contributed by atoms with E-state index in [9.17, 15) is 0 Å². The van der Waals surface area contributed by atoms with E-state index in [1.807, 2.05) is 11.3 Å². The van der Waals surface area contributed by atoms with Gasteiger partial charge < -0.3 is 0 Å². The molecule has 0 radical (unpaired) electrons. The van der Waals surface area contributed by atoms with Gasteiger partial charge >= 0.3 is 0 Å². The van der Waals surface area contributed by atoms with Crippen LogP contribution in [0, 0.1) is 5.92 Å². The van der Waals surface area contributed by atoms with Crippen LogP contribution in [0.25, 0.3) is 0 Å². The Morgan fingerprint density at radius 2 is 2.21 bits per heavy atom. The van der Waals surface area contributed by atoms with Gasteiger partial charge in [-0.1, -0.05) is 28.8 Å². The third-order valence-corrected chi connectivity index (χ3v) is 5.14. The highest BCUT2D eigenvalue weighted by Gasteiger charge is 2.22. The molecule has 0 spiro atoms. The van der Waals surface area contributed by atoms with E-state index in [0.717, 1.165) is 10.7 Å². The van der Waals surface area contributed by atoms with E-state index in [2.05, 4.69) is 32.8 Å². The van der Waals surface area contributed by atoms with E-state index in [1.165, 1.54) is 44.1 Å². The number of hydrogen-bond donors (Lipinski definition) is 0. The average Bonchev–Trinajstić information content (AvgIpc) is 2.69. The van der Waals surface area contributed by atoms with Crippen LogP contribution in [0.1, 0.15) is 37.7 Å². The molecule has 1 aliphatic carbocycles. The lowest BCUT2D eigenvalue weighted by atomic mass is 9.85. The molecule has 1 fully saturated rings. The molecule has 2 atom stereocenters. The van der Waals surface area contributed by atoms with Crippen LogP contribution in [0.4, 0.5) is 0 Å². The molecular formula is C12H17BrS. The molecule has 78 valence electrons. The molecule has 1 heterocycles. The van der Waals surface area contributed by atoms with Crippen molar-refractivity contribution in [3.05, 3.63) is 22.4 Å². The number of aryl methyl sites for hydroxylation is 1. The zero-order valence-corrected chi connectivity index (χ0v) is 10.8. The molecule has 2 rings (SSSR count). The third kappa shape index (κ3) is 2.83. The van der Waals surface area contributed by atoms with Gasteiger partial charge in [-0.15, -0.1) is 0 Å². The summed E-state index contributed by atoms with van der Waals surface area (Å²) < 4.78 is 0. The van der Waals surface area contributed by atoms with Crippen molar-refractivity contribution in [1.29, 1.82) is 0 Å². The number of halogens is 1. The highest BCUT2D eigenvalue weighted by molar-refractivity contribution is 9.09. The standard InChI is InChI=1S/C12H17BrS/c13-12-4-2-1-3-11(12)6-5-10-7-8-14-9-10/h7-9,11-12H,1-6H2. The summed E-state index contributed by atoms with van der Waals surface area (Å²) >= 11 is 5.64. The summed E-state index contributed by atoms with van der Waals surface area (Å²) in [4.78, 5) is 0.787. The van der Waals surface area contributed by atoms with Gasteiger partial charge in [-0.05, 0) is 54.0 Å². The zero-order chi connectivity index (χ0) is 9.80. The van der Waals surface area contributed by atoms with Crippen LogP contribution in [0.2, 0.25) is 0 Å². The van der Waals surface area contributed by atoms with E-state index in [4.69, 9.17) is 0 Å². The summed E-state index contributed by atoms with van der Waals surface area (Å²) in [5.41, 5.74) is 1.53. The molecule has 0 bridgehead atoms. The molecular weight excluding hydrogens is 256 g/mol. The quantitative estimate of drug-likeness (QED) is 0.704. The van der Waals surface area contributed by atoms with Crippen molar-refractivity contribution in [2.24, 2.45) is 5.92 Å². The van der Waals surface area contributed by atoms with Gasteiger partial charge in [0.15, 0.2) is 0 Å². The van der Waals surface area contributed by atoms with E-state index >= 15 is 0 Å². The Hall–Kier alpha value is 0.180. The minimum absolute atomic E-state index is 0.787. The van der Waals surface area contributed by atoms with Crippen LogP contribution < -0.4 is 0 Å². The van der Waals surface area contributed by atoms with Crippen molar-refractivity contribution < 1.29 is 0 Å². The van der Waals surface area contributed by atoms with Crippen molar-refractivity contribution in [2.45, 2.75) is 43.4 Å². The predicted octanol–water partition coefficient (Wildman–Crippen LogP) is 4.63. The first-order valence-corrected chi connectivity index (χ1v) is 7.37. The Bertz CT molecular complexity index is 255. The lowest BCUT2D eigenvalue weighted by Gasteiger charge is -2.27. The highest BCUT2D eigenvalue weighted by atomic mass is 79.9. The molecule has 0 N–H and O–H groups in total. The third-order valence-electron chi connectivity index (χ3n) is 3.20. The number of hydrogen-bond acceptors (Lipinski definition) is 1. The first kappa shape index (κ1) is 10.7. The van der Waals surface area contributed by atoms with Crippen molar-refractivity contribution in [3.63, 3.8) is 0 Å². The van der Waals surface area contributed by atoms with Crippen LogP contribution in [-0.2, 0) is 6.42 Å². The topological polar surface area (TPSA) is 0 Å². The van der Waals surface area contributed by atoms with E-state index in [-0.39, 0.29) is 0 Å². The second-order valence-corrected chi connectivity index (χ2v) is 6.19. The lowest BCUT2D eigenvalue weighted by Crippen LogP contribution is -2.19. The lowest BCUT2D eigenvalue weighted by molar-refractivity contribution is 0.355. The van der Waals surface area contributed by atoms with Gasteiger partial charge in [-0.25, -0.2) is 0 Å². The smallest absolute Gasteiger partial charge is 0.0174 e. The van der Waals surface area contributed by atoms with Gasteiger partial charge in [-0.3, -0.25) is 0 Å². The Morgan fingerprint density at radius 3 is 2.93 bits per heavy atom. The maximum absolute atomic E-state index is 3.82. The number of alkyl halides is 1. The largest absolute Gasteiger partial charge is 0.152 e. The van der Waals surface area contributed by atoms with E-state index < -0.39 is 0 Å². The molecule has 2 heteroatoms. The molecule has 1 aromatic heterocycles. The van der Waals surface area contributed by atoms with Gasteiger partial charge in [0.2, 0.25) is 0 Å². The second kappa shape index (κ2) is 5.32. The monoisotopic (exact) mass is 272 g/mol. The van der Waals surface area contributed by atoms with Crippen LogP contribution in [0.5, 0.6) is 0 Å². The summed E-state index contributed by atoms with van der Waals surface area (Å²) in [5, 5.41) is 4.47. The van der Waals surface area contributed by atoms with Crippen molar-refractivity contribution in [1.82, 2.24) is 0 Å². The molecule has 2 unspecified atom stereocenters. The van der Waals surface area contributed by atoms with Gasteiger partial charge in [0.05, 0.1) is 0 Å². The van der Waals surface area contributed by atoms with Crippen LogP contribution in [0.3, 0.4) is 0 Å². The Labute approximate surface area is 98.9 Å². The predicted molar refractivity (Wildman–Crippen MR) is 67.3 cm³/mol. The fourth-order valence-electron chi connectivity index (χ4n) is 2.27. The second-order valence-electron chi connectivity index (χ2n) is 4.23. The molecule has 1 aromatic rings. The molecule has 0 aromatic carbocycles. The Balaban J connectivity index is 1.79. The molecule has 0 nitrogen and oxygen atoms in total. The summed E-state index contributed by atoms with van der Waals surface area (Å²) in [6.07, 6.45) is 8.32. The summed E-state index contributed by atoms with van der Waals surface area (Å²) in [5.74, 6) is 0.920. The minimum Gasteiger partial charge on any atom is -0.152 e. The maximum Gasteiger partial charge on any atom is 0.0174 e. The Kier molecular flexibility index (Phi) is 4.06. The fraction of sp³-hybridized carbons (Fsp3) is 0.667. The average molecular weight is 273 g/mol. The highest BCUT2D eigenvalue weighted by Crippen LogP contribution is 2.33. The van der Waals surface area contributed by atoms with Gasteiger partial charge in [0, 0.05) is 4.83 Å². The molecule has 0 aliphatic heterocycles. The first-order valence-electron chi connectivity index (χ1n) is 5.51. The molecule has 0 saturated heterocycles. The van der Waals surface area contributed by atoms with E-state index in [1.54, 1.807) is 0 Å². The SMILES string of the molecule is BrC1CCCCC1CCc1ccsc1. The molecule has 14 heavy (non-hydrogen) atoms.